The highest BCUT2D eigenvalue weighted by Gasteiger charge is 2.34. The van der Waals surface area contributed by atoms with Crippen LogP contribution in [-0.4, -0.2) is 31.3 Å². The van der Waals surface area contributed by atoms with E-state index in [-0.39, 0.29) is 5.41 Å². The van der Waals surface area contributed by atoms with E-state index in [0.717, 1.165) is 43.6 Å². The third-order valence-electron chi connectivity index (χ3n) is 3.28. The van der Waals surface area contributed by atoms with Gasteiger partial charge in [-0.2, -0.15) is 0 Å². The summed E-state index contributed by atoms with van der Waals surface area (Å²) < 4.78 is 6.64. The van der Waals surface area contributed by atoms with Gasteiger partial charge < -0.3 is 10.1 Å². The van der Waals surface area contributed by atoms with Gasteiger partial charge in [-0.15, -0.1) is 0 Å². The van der Waals surface area contributed by atoms with Crippen LogP contribution in [-0.2, 0) is 11.2 Å². The Bertz CT molecular complexity index is 364. The van der Waals surface area contributed by atoms with Gasteiger partial charge in [0.1, 0.15) is 0 Å². The molecule has 1 atom stereocenters. The Morgan fingerprint density at radius 2 is 2.41 bits per heavy atom. The van der Waals surface area contributed by atoms with Crippen molar-refractivity contribution in [3.63, 3.8) is 0 Å². The zero-order chi connectivity index (χ0) is 12.1. The molecule has 0 amide bonds. The standard InChI is InChI=1S/C13H19BrN2O/c1-2-15-9-13(3-4-17-10-13)6-11-5-12(14)8-16-7-11/h5,7-8,15H,2-4,6,9-10H2,1H3. The van der Waals surface area contributed by atoms with Crippen molar-refractivity contribution in [3.8, 4) is 0 Å². The molecular formula is C13H19BrN2O. The van der Waals surface area contributed by atoms with E-state index in [1.807, 2.05) is 12.4 Å². The average molecular weight is 299 g/mol. The normalized spacial score (nSPS) is 24.1. The first-order chi connectivity index (χ1) is 8.24. The maximum Gasteiger partial charge on any atom is 0.0538 e. The zero-order valence-corrected chi connectivity index (χ0v) is 11.8. The van der Waals surface area contributed by atoms with Crippen molar-refractivity contribution in [2.24, 2.45) is 5.41 Å². The molecule has 0 saturated carbocycles. The van der Waals surface area contributed by atoms with Crippen LogP contribution >= 0.6 is 15.9 Å². The van der Waals surface area contributed by atoms with E-state index >= 15 is 0 Å². The predicted octanol–water partition coefficient (Wildman–Crippen LogP) is 2.40. The summed E-state index contributed by atoms with van der Waals surface area (Å²) in [6, 6.07) is 2.15. The molecule has 1 N–H and O–H groups in total. The monoisotopic (exact) mass is 298 g/mol. The largest absolute Gasteiger partial charge is 0.381 e. The quantitative estimate of drug-likeness (QED) is 0.906. The van der Waals surface area contributed by atoms with Crippen molar-refractivity contribution < 1.29 is 4.74 Å². The van der Waals surface area contributed by atoms with Gasteiger partial charge in [0.05, 0.1) is 6.61 Å². The lowest BCUT2D eigenvalue weighted by atomic mass is 9.81. The third-order valence-corrected chi connectivity index (χ3v) is 3.71. The Hall–Kier alpha value is -0.450. The number of aromatic nitrogens is 1. The molecule has 1 aromatic rings. The molecule has 0 spiro atoms. The van der Waals surface area contributed by atoms with Gasteiger partial charge in [0.15, 0.2) is 0 Å². The highest BCUT2D eigenvalue weighted by atomic mass is 79.9. The van der Waals surface area contributed by atoms with Crippen LogP contribution in [0.25, 0.3) is 0 Å². The van der Waals surface area contributed by atoms with E-state index in [4.69, 9.17) is 4.74 Å². The fourth-order valence-electron chi connectivity index (χ4n) is 2.37. The summed E-state index contributed by atoms with van der Waals surface area (Å²) in [4.78, 5) is 4.23. The summed E-state index contributed by atoms with van der Waals surface area (Å²) >= 11 is 3.47. The Labute approximate surface area is 111 Å². The van der Waals surface area contributed by atoms with Gasteiger partial charge in [0.2, 0.25) is 0 Å². The minimum absolute atomic E-state index is 0.248. The lowest BCUT2D eigenvalue weighted by Crippen LogP contribution is -2.36. The van der Waals surface area contributed by atoms with Crippen molar-refractivity contribution in [2.75, 3.05) is 26.3 Å². The van der Waals surface area contributed by atoms with Crippen molar-refractivity contribution in [1.82, 2.24) is 10.3 Å². The number of nitrogens with zero attached hydrogens (tertiary/aromatic N) is 1. The number of halogens is 1. The van der Waals surface area contributed by atoms with Crippen LogP contribution in [0, 0.1) is 5.41 Å². The van der Waals surface area contributed by atoms with Gasteiger partial charge in [0.25, 0.3) is 0 Å². The van der Waals surface area contributed by atoms with Gasteiger partial charge in [-0.1, -0.05) is 6.92 Å². The Balaban J connectivity index is 2.07. The molecule has 0 aliphatic carbocycles. The minimum Gasteiger partial charge on any atom is -0.381 e. The van der Waals surface area contributed by atoms with Gasteiger partial charge in [-0.05, 0) is 46.9 Å². The molecule has 1 aliphatic rings. The summed E-state index contributed by atoms with van der Waals surface area (Å²) in [5.41, 5.74) is 1.53. The first-order valence-corrected chi connectivity index (χ1v) is 6.91. The molecule has 3 nitrogen and oxygen atoms in total. The minimum atomic E-state index is 0.248. The second kappa shape index (κ2) is 5.94. The van der Waals surface area contributed by atoms with E-state index in [1.165, 1.54) is 5.56 Å². The molecule has 0 bridgehead atoms. The summed E-state index contributed by atoms with van der Waals surface area (Å²) in [5.74, 6) is 0. The lowest BCUT2D eigenvalue weighted by Gasteiger charge is -2.27. The molecule has 2 heterocycles. The molecule has 1 aromatic heterocycles. The second-order valence-corrected chi connectivity index (χ2v) is 5.69. The second-order valence-electron chi connectivity index (χ2n) is 4.77. The molecule has 1 saturated heterocycles. The predicted molar refractivity (Wildman–Crippen MR) is 72.1 cm³/mol. The maximum absolute atomic E-state index is 5.59. The molecule has 17 heavy (non-hydrogen) atoms. The van der Waals surface area contributed by atoms with Crippen LogP contribution in [0.4, 0.5) is 0 Å². The van der Waals surface area contributed by atoms with Crippen molar-refractivity contribution in [3.05, 3.63) is 28.5 Å². The molecule has 1 unspecified atom stereocenters. The van der Waals surface area contributed by atoms with Crippen molar-refractivity contribution >= 4 is 15.9 Å². The molecular weight excluding hydrogens is 280 g/mol. The van der Waals surface area contributed by atoms with Gasteiger partial charge in [-0.25, -0.2) is 0 Å². The third kappa shape index (κ3) is 3.50. The van der Waals surface area contributed by atoms with Gasteiger partial charge in [-0.3, -0.25) is 4.98 Å². The SMILES string of the molecule is CCNCC1(Cc2cncc(Br)c2)CCOC1. The summed E-state index contributed by atoms with van der Waals surface area (Å²) in [7, 11) is 0. The first kappa shape index (κ1) is 13.0. The molecule has 2 rings (SSSR count). The van der Waals surface area contributed by atoms with Gasteiger partial charge in [0, 0.05) is 35.4 Å². The average Bonchev–Trinajstić information content (AvgIpc) is 2.75. The topological polar surface area (TPSA) is 34.2 Å². The summed E-state index contributed by atoms with van der Waals surface area (Å²) in [5, 5.41) is 3.45. The highest BCUT2D eigenvalue weighted by molar-refractivity contribution is 9.10. The van der Waals surface area contributed by atoms with Crippen LogP contribution < -0.4 is 5.32 Å². The molecule has 0 radical (unpaired) electrons. The van der Waals surface area contributed by atoms with Crippen molar-refractivity contribution in [1.29, 1.82) is 0 Å². The van der Waals surface area contributed by atoms with Crippen molar-refractivity contribution in [2.45, 2.75) is 19.8 Å². The van der Waals surface area contributed by atoms with E-state index in [9.17, 15) is 0 Å². The molecule has 1 fully saturated rings. The van der Waals surface area contributed by atoms with Gasteiger partial charge >= 0.3 is 0 Å². The number of rotatable bonds is 5. The van der Waals surface area contributed by atoms with Crippen LogP contribution in [0.5, 0.6) is 0 Å². The van der Waals surface area contributed by atoms with E-state index in [0.29, 0.717) is 0 Å². The van der Waals surface area contributed by atoms with E-state index < -0.39 is 0 Å². The summed E-state index contributed by atoms with van der Waals surface area (Å²) in [6.45, 7) is 5.91. The lowest BCUT2D eigenvalue weighted by molar-refractivity contribution is 0.149. The zero-order valence-electron chi connectivity index (χ0n) is 10.2. The van der Waals surface area contributed by atoms with Crippen LogP contribution in [0.3, 0.4) is 0 Å². The first-order valence-electron chi connectivity index (χ1n) is 6.12. The smallest absolute Gasteiger partial charge is 0.0538 e. The maximum atomic E-state index is 5.59. The molecule has 0 aromatic carbocycles. The highest BCUT2D eigenvalue weighted by Crippen LogP contribution is 2.32. The number of nitrogens with one attached hydrogen (secondary N) is 1. The summed E-state index contributed by atoms with van der Waals surface area (Å²) in [6.07, 6.45) is 5.95. The number of pyridine rings is 1. The van der Waals surface area contributed by atoms with Crippen LogP contribution in [0.1, 0.15) is 18.9 Å². The number of hydrogen-bond acceptors (Lipinski definition) is 3. The molecule has 4 heteroatoms. The Kier molecular flexibility index (Phi) is 4.54. The fraction of sp³-hybridized carbons (Fsp3) is 0.615. The Morgan fingerprint density at radius 1 is 1.53 bits per heavy atom. The van der Waals surface area contributed by atoms with Crippen LogP contribution in [0.2, 0.25) is 0 Å². The molecule has 1 aliphatic heterocycles. The number of hydrogen-bond donors (Lipinski definition) is 1. The fourth-order valence-corrected chi connectivity index (χ4v) is 2.78. The Morgan fingerprint density at radius 3 is 3.06 bits per heavy atom. The molecule has 94 valence electrons. The number of ether oxygens (including phenoxy) is 1. The van der Waals surface area contributed by atoms with E-state index in [1.54, 1.807) is 0 Å². The van der Waals surface area contributed by atoms with Crippen LogP contribution in [0.15, 0.2) is 22.9 Å². The van der Waals surface area contributed by atoms with E-state index in [2.05, 4.69) is 39.2 Å².